The number of unbranched alkanes of at least 4 members (excludes halogenated alkanes) is 1. The molecule has 2 unspecified atom stereocenters. The van der Waals surface area contributed by atoms with Gasteiger partial charge in [-0.2, -0.15) is 0 Å². The van der Waals surface area contributed by atoms with Crippen molar-refractivity contribution >= 4 is 5.97 Å². The topological polar surface area (TPSA) is 41.6 Å². The third-order valence-corrected chi connectivity index (χ3v) is 4.35. The Kier molecular flexibility index (Phi) is 7.67. The molecular formula is C17H34N2O2. The summed E-state index contributed by atoms with van der Waals surface area (Å²) in [5.41, 5.74) is -0.580. The highest BCUT2D eigenvalue weighted by atomic mass is 16.5. The number of nitrogens with one attached hydrogen (secondary N) is 1. The van der Waals surface area contributed by atoms with Crippen LogP contribution in [0.1, 0.15) is 66.7 Å². The van der Waals surface area contributed by atoms with Crippen LogP contribution in [0.5, 0.6) is 0 Å². The molecule has 124 valence electrons. The van der Waals surface area contributed by atoms with E-state index in [0.717, 1.165) is 25.6 Å². The average molecular weight is 298 g/mol. The maximum atomic E-state index is 12.3. The van der Waals surface area contributed by atoms with Gasteiger partial charge in [0.05, 0.1) is 6.61 Å². The van der Waals surface area contributed by atoms with Crippen LogP contribution in [-0.4, -0.2) is 48.2 Å². The van der Waals surface area contributed by atoms with E-state index in [-0.39, 0.29) is 5.97 Å². The summed E-state index contributed by atoms with van der Waals surface area (Å²) in [5.74, 6) is -0.120. The summed E-state index contributed by atoms with van der Waals surface area (Å²) in [6.45, 7) is 12.7. The second-order valence-corrected chi connectivity index (χ2v) is 6.46. The van der Waals surface area contributed by atoms with Crippen LogP contribution in [0.15, 0.2) is 0 Å². The van der Waals surface area contributed by atoms with Gasteiger partial charge in [0.25, 0.3) is 0 Å². The molecule has 0 aromatic rings. The highest BCUT2D eigenvalue weighted by Gasteiger charge is 2.39. The van der Waals surface area contributed by atoms with Crippen molar-refractivity contribution in [3.05, 3.63) is 0 Å². The Morgan fingerprint density at radius 3 is 2.52 bits per heavy atom. The Hall–Kier alpha value is -0.610. The first-order valence-electron chi connectivity index (χ1n) is 8.66. The van der Waals surface area contributed by atoms with E-state index in [1.165, 1.54) is 25.7 Å². The van der Waals surface area contributed by atoms with Crippen LogP contribution in [0, 0.1) is 0 Å². The average Bonchev–Trinajstić information content (AvgIpc) is 3.24. The molecule has 0 amide bonds. The van der Waals surface area contributed by atoms with Gasteiger partial charge in [0.2, 0.25) is 0 Å². The predicted molar refractivity (Wildman–Crippen MR) is 87.4 cm³/mol. The van der Waals surface area contributed by atoms with Crippen LogP contribution in [0.3, 0.4) is 0 Å². The molecule has 1 saturated carbocycles. The number of ether oxygens (including phenoxy) is 1. The highest BCUT2D eigenvalue weighted by Crippen LogP contribution is 2.31. The molecule has 4 nitrogen and oxygen atoms in total. The smallest absolute Gasteiger partial charge is 0.326 e. The number of nitrogens with zero attached hydrogens (tertiary/aromatic N) is 1. The van der Waals surface area contributed by atoms with E-state index < -0.39 is 5.54 Å². The van der Waals surface area contributed by atoms with Crippen molar-refractivity contribution in [3.8, 4) is 0 Å². The zero-order chi connectivity index (χ0) is 15.9. The molecule has 0 spiro atoms. The molecule has 21 heavy (non-hydrogen) atoms. The quantitative estimate of drug-likeness (QED) is 0.596. The Balaban J connectivity index is 2.68. The molecule has 0 aromatic carbocycles. The Morgan fingerprint density at radius 1 is 1.38 bits per heavy atom. The highest BCUT2D eigenvalue weighted by molar-refractivity contribution is 5.80. The molecule has 0 bridgehead atoms. The summed E-state index contributed by atoms with van der Waals surface area (Å²) in [5, 5.41) is 3.34. The fourth-order valence-electron chi connectivity index (χ4n) is 3.13. The lowest BCUT2D eigenvalue weighted by molar-refractivity contribution is -0.151. The van der Waals surface area contributed by atoms with Crippen molar-refractivity contribution in [3.63, 3.8) is 0 Å². The molecule has 0 heterocycles. The molecular weight excluding hydrogens is 264 g/mol. The summed E-state index contributed by atoms with van der Waals surface area (Å²) < 4.78 is 5.28. The zero-order valence-electron chi connectivity index (χ0n) is 14.6. The van der Waals surface area contributed by atoms with Crippen molar-refractivity contribution in [1.29, 1.82) is 0 Å². The summed E-state index contributed by atoms with van der Waals surface area (Å²) in [6, 6.07) is 1.14. The van der Waals surface area contributed by atoms with Crippen LogP contribution < -0.4 is 5.32 Å². The Labute approximate surface area is 130 Å². The Morgan fingerprint density at radius 2 is 2.05 bits per heavy atom. The second-order valence-electron chi connectivity index (χ2n) is 6.46. The van der Waals surface area contributed by atoms with Crippen molar-refractivity contribution in [2.75, 3.05) is 19.7 Å². The molecule has 1 N–H and O–H groups in total. The van der Waals surface area contributed by atoms with E-state index in [2.05, 4.69) is 24.1 Å². The molecule has 1 aliphatic rings. The molecule has 1 fully saturated rings. The van der Waals surface area contributed by atoms with Crippen LogP contribution >= 0.6 is 0 Å². The van der Waals surface area contributed by atoms with E-state index in [9.17, 15) is 4.79 Å². The maximum absolute atomic E-state index is 12.3. The van der Waals surface area contributed by atoms with E-state index >= 15 is 0 Å². The fraction of sp³-hybridized carbons (Fsp3) is 0.941. The third-order valence-electron chi connectivity index (χ3n) is 4.35. The minimum absolute atomic E-state index is 0.120. The van der Waals surface area contributed by atoms with Gasteiger partial charge in [0, 0.05) is 12.1 Å². The van der Waals surface area contributed by atoms with Crippen molar-refractivity contribution in [2.45, 2.75) is 84.3 Å². The number of carbonyl (C=O) groups excluding carboxylic acids is 1. The van der Waals surface area contributed by atoms with Gasteiger partial charge in [0.1, 0.15) is 5.54 Å². The number of esters is 1. The second kappa shape index (κ2) is 8.74. The van der Waals surface area contributed by atoms with E-state index in [1.807, 2.05) is 20.8 Å². The first kappa shape index (κ1) is 18.4. The van der Waals surface area contributed by atoms with Gasteiger partial charge in [-0.15, -0.1) is 0 Å². The Bertz CT molecular complexity index is 318. The standard InChI is InChI=1S/C17H34N2O2/c1-6-9-12-19(15-10-11-15)14(4)13-17(5,18-7-2)16(20)21-8-3/h14-15,18H,6-13H2,1-5H3. The van der Waals surface area contributed by atoms with Crippen molar-refractivity contribution in [1.82, 2.24) is 10.2 Å². The third kappa shape index (κ3) is 5.59. The largest absolute Gasteiger partial charge is 0.465 e. The summed E-state index contributed by atoms with van der Waals surface area (Å²) in [4.78, 5) is 14.9. The molecule has 1 aliphatic carbocycles. The molecule has 4 heteroatoms. The van der Waals surface area contributed by atoms with Crippen molar-refractivity contribution < 1.29 is 9.53 Å². The maximum Gasteiger partial charge on any atom is 0.326 e. The van der Waals surface area contributed by atoms with Gasteiger partial charge >= 0.3 is 5.97 Å². The van der Waals surface area contributed by atoms with Crippen LogP contribution in [0.2, 0.25) is 0 Å². The number of carbonyl (C=O) groups is 1. The van der Waals surface area contributed by atoms with Crippen LogP contribution in [0.4, 0.5) is 0 Å². The molecule has 0 aromatic heterocycles. The first-order chi connectivity index (χ1) is 9.98. The van der Waals surface area contributed by atoms with E-state index in [0.29, 0.717) is 12.6 Å². The first-order valence-corrected chi connectivity index (χ1v) is 8.66. The van der Waals surface area contributed by atoms with Crippen molar-refractivity contribution in [2.24, 2.45) is 0 Å². The van der Waals surface area contributed by atoms with Gasteiger partial charge in [-0.3, -0.25) is 9.69 Å². The number of hydrogen-bond donors (Lipinski definition) is 1. The van der Waals surface area contributed by atoms with E-state index in [4.69, 9.17) is 4.74 Å². The van der Waals surface area contributed by atoms with E-state index in [1.54, 1.807) is 0 Å². The van der Waals surface area contributed by atoms with Crippen LogP contribution in [-0.2, 0) is 9.53 Å². The summed E-state index contributed by atoms with van der Waals surface area (Å²) in [7, 11) is 0. The van der Waals surface area contributed by atoms with Gasteiger partial charge in [-0.1, -0.05) is 20.3 Å². The van der Waals surface area contributed by atoms with Gasteiger partial charge in [0.15, 0.2) is 0 Å². The fourth-order valence-corrected chi connectivity index (χ4v) is 3.13. The molecule has 0 aliphatic heterocycles. The minimum atomic E-state index is -0.580. The molecule has 1 rings (SSSR count). The number of likely N-dealkylation sites (N-methyl/N-ethyl adjacent to an activating group) is 1. The number of hydrogen-bond acceptors (Lipinski definition) is 4. The van der Waals surface area contributed by atoms with Gasteiger partial charge in [-0.05, 0) is 59.5 Å². The normalized spacial score (nSPS) is 19.3. The minimum Gasteiger partial charge on any atom is -0.465 e. The van der Waals surface area contributed by atoms with Gasteiger partial charge in [-0.25, -0.2) is 0 Å². The number of rotatable bonds is 11. The molecule has 2 atom stereocenters. The SMILES string of the molecule is CCCCN(C(C)CC(C)(NCC)C(=O)OCC)C1CC1. The lowest BCUT2D eigenvalue weighted by Gasteiger charge is -2.36. The monoisotopic (exact) mass is 298 g/mol. The lowest BCUT2D eigenvalue weighted by atomic mass is 9.92. The summed E-state index contributed by atoms with van der Waals surface area (Å²) >= 11 is 0. The molecule has 0 radical (unpaired) electrons. The summed E-state index contributed by atoms with van der Waals surface area (Å²) in [6.07, 6.45) is 5.88. The lowest BCUT2D eigenvalue weighted by Crippen LogP contribution is -2.54. The zero-order valence-corrected chi connectivity index (χ0v) is 14.6. The van der Waals surface area contributed by atoms with Crippen LogP contribution in [0.25, 0.3) is 0 Å². The van der Waals surface area contributed by atoms with Gasteiger partial charge < -0.3 is 10.1 Å². The molecule has 0 saturated heterocycles. The predicted octanol–water partition coefficient (Wildman–Crippen LogP) is 2.96.